The first-order valence-corrected chi connectivity index (χ1v) is 15.2. The molecular formula is C31H51BN2O7. The van der Waals surface area contributed by atoms with Crippen molar-refractivity contribution in [2.45, 2.75) is 110 Å². The number of hydrogen-bond donors (Lipinski definition) is 0. The third-order valence-electron chi connectivity index (χ3n) is 8.85. The normalized spacial score (nSPS) is 22.2. The first kappa shape index (κ1) is 31.9. The second-order valence-corrected chi connectivity index (χ2v) is 13.6. The summed E-state index contributed by atoms with van der Waals surface area (Å²) in [6.07, 6.45) is 4.84. The molecule has 1 amide bonds. The minimum Gasteiger partial charge on any atom is -0.496 e. The second-order valence-electron chi connectivity index (χ2n) is 13.6. The topological polar surface area (TPSA) is 78.9 Å². The van der Waals surface area contributed by atoms with Gasteiger partial charge in [-0.3, -0.25) is 0 Å². The summed E-state index contributed by atoms with van der Waals surface area (Å²) >= 11 is 0. The van der Waals surface area contributed by atoms with Gasteiger partial charge in [-0.25, -0.2) is 4.79 Å². The number of piperidine rings is 2. The molecule has 4 rings (SSSR count). The molecule has 230 valence electrons. The Morgan fingerprint density at radius 3 is 1.85 bits per heavy atom. The van der Waals surface area contributed by atoms with Crippen LogP contribution in [0.4, 0.5) is 4.79 Å². The van der Waals surface area contributed by atoms with Crippen molar-refractivity contribution in [3.63, 3.8) is 0 Å². The molecule has 0 unspecified atom stereocenters. The van der Waals surface area contributed by atoms with Gasteiger partial charge in [0.1, 0.15) is 17.1 Å². The van der Waals surface area contributed by atoms with Gasteiger partial charge in [-0.05, 0) is 98.2 Å². The molecule has 0 N–H and O–H groups in total. The number of nitrogens with zero attached hydrogens (tertiary/aromatic N) is 2. The highest BCUT2D eigenvalue weighted by atomic mass is 16.7. The molecule has 3 aliphatic heterocycles. The molecule has 9 nitrogen and oxygen atoms in total. The lowest BCUT2D eigenvalue weighted by Gasteiger charge is -2.37. The predicted octanol–water partition coefficient (Wildman–Crippen LogP) is 4.43. The zero-order valence-electron chi connectivity index (χ0n) is 26.7. The van der Waals surface area contributed by atoms with E-state index in [2.05, 4.69) is 32.6 Å². The number of hydrogen-bond acceptors (Lipinski definition) is 8. The summed E-state index contributed by atoms with van der Waals surface area (Å²) in [7, 11) is 2.93. The van der Waals surface area contributed by atoms with Gasteiger partial charge in [0.15, 0.2) is 0 Å². The highest BCUT2D eigenvalue weighted by molar-refractivity contribution is 6.62. The summed E-state index contributed by atoms with van der Waals surface area (Å²) in [5.41, 5.74) is 0.668. The van der Waals surface area contributed by atoms with Crippen LogP contribution in [0.3, 0.4) is 0 Å². The number of rotatable bonds is 8. The fourth-order valence-corrected chi connectivity index (χ4v) is 5.68. The van der Waals surface area contributed by atoms with E-state index in [-0.39, 0.29) is 18.3 Å². The van der Waals surface area contributed by atoms with E-state index in [1.165, 1.54) is 0 Å². The second kappa shape index (κ2) is 12.7. The van der Waals surface area contributed by atoms with Gasteiger partial charge in [-0.2, -0.15) is 0 Å². The monoisotopic (exact) mass is 574 g/mol. The fourth-order valence-electron chi connectivity index (χ4n) is 5.68. The Morgan fingerprint density at radius 1 is 0.902 bits per heavy atom. The molecule has 3 heterocycles. The highest BCUT2D eigenvalue weighted by Gasteiger charge is 2.52. The van der Waals surface area contributed by atoms with Gasteiger partial charge in [-0.1, -0.05) is 0 Å². The van der Waals surface area contributed by atoms with E-state index in [4.69, 9.17) is 28.3 Å². The molecule has 0 saturated carbocycles. The SMILES string of the molecule is COc1cc(B2OC(C)(C)C(C)(C)O2)cc(OC)c1CCN1CCC(OC2CCN(C(=O)OC(C)(C)C)CC2)CC1. The van der Waals surface area contributed by atoms with Gasteiger partial charge in [-0.15, -0.1) is 0 Å². The van der Waals surface area contributed by atoms with E-state index in [9.17, 15) is 4.79 Å². The lowest BCUT2D eigenvalue weighted by atomic mass is 9.78. The van der Waals surface area contributed by atoms with Crippen LogP contribution in [-0.2, 0) is 25.2 Å². The number of likely N-dealkylation sites (tertiary alicyclic amines) is 2. The number of benzene rings is 1. The Morgan fingerprint density at radius 2 is 1.39 bits per heavy atom. The maximum absolute atomic E-state index is 12.3. The van der Waals surface area contributed by atoms with Gasteiger partial charge in [0.25, 0.3) is 0 Å². The molecule has 41 heavy (non-hydrogen) atoms. The van der Waals surface area contributed by atoms with Crippen molar-refractivity contribution >= 4 is 18.7 Å². The fraction of sp³-hybridized carbons (Fsp3) is 0.774. The molecule has 0 radical (unpaired) electrons. The van der Waals surface area contributed by atoms with Gasteiger partial charge in [0.2, 0.25) is 0 Å². The number of carbonyl (C=O) groups is 1. The summed E-state index contributed by atoms with van der Waals surface area (Å²) in [5, 5.41) is 0. The molecule has 3 aliphatic rings. The van der Waals surface area contributed by atoms with Gasteiger partial charge < -0.3 is 38.1 Å². The van der Waals surface area contributed by atoms with E-state index in [1.807, 2.05) is 32.9 Å². The van der Waals surface area contributed by atoms with Crippen LogP contribution in [0.15, 0.2) is 12.1 Å². The molecular weight excluding hydrogens is 523 g/mol. The molecule has 10 heteroatoms. The van der Waals surface area contributed by atoms with Gasteiger partial charge in [0, 0.05) is 38.3 Å². The number of methoxy groups -OCH3 is 2. The Bertz CT molecular complexity index is 1000. The smallest absolute Gasteiger partial charge is 0.495 e. The predicted molar refractivity (Wildman–Crippen MR) is 160 cm³/mol. The van der Waals surface area contributed by atoms with E-state index < -0.39 is 23.9 Å². The van der Waals surface area contributed by atoms with Crippen LogP contribution >= 0.6 is 0 Å². The first-order chi connectivity index (χ1) is 19.2. The average molecular weight is 575 g/mol. The van der Waals surface area contributed by atoms with Crippen molar-refractivity contribution in [2.75, 3.05) is 46.9 Å². The molecule has 0 spiro atoms. The van der Waals surface area contributed by atoms with E-state index in [0.29, 0.717) is 13.1 Å². The molecule has 3 fully saturated rings. The van der Waals surface area contributed by atoms with Gasteiger partial charge in [0.05, 0.1) is 37.6 Å². The lowest BCUT2D eigenvalue weighted by molar-refractivity contribution is -0.0661. The minimum atomic E-state index is -0.472. The van der Waals surface area contributed by atoms with Crippen LogP contribution in [0.1, 0.15) is 79.7 Å². The maximum Gasteiger partial charge on any atom is 0.495 e. The Kier molecular flexibility index (Phi) is 9.89. The molecule has 1 aromatic rings. The lowest BCUT2D eigenvalue weighted by Crippen LogP contribution is -2.45. The van der Waals surface area contributed by atoms with Crippen LogP contribution in [0.25, 0.3) is 0 Å². The number of amides is 1. The van der Waals surface area contributed by atoms with Crippen LogP contribution in [-0.4, -0.2) is 99.0 Å². The quantitative estimate of drug-likeness (QED) is 0.423. The zero-order valence-corrected chi connectivity index (χ0v) is 26.7. The molecule has 1 aromatic carbocycles. The van der Waals surface area contributed by atoms with Gasteiger partial charge >= 0.3 is 13.2 Å². The van der Waals surface area contributed by atoms with Crippen LogP contribution in [0.5, 0.6) is 11.5 Å². The summed E-state index contributed by atoms with van der Waals surface area (Å²) in [4.78, 5) is 16.6. The Balaban J connectivity index is 1.25. The molecule has 0 aromatic heterocycles. The highest BCUT2D eigenvalue weighted by Crippen LogP contribution is 2.38. The first-order valence-electron chi connectivity index (χ1n) is 15.2. The zero-order chi connectivity index (χ0) is 30.0. The van der Waals surface area contributed by atoms with E-state index >= 15 is 0 Å². The standard InChI is InChI=1S/C31H51BN2O7/c1-29(2,3)39-28(35)34-18-12-24(13-19-34)38-23-10-15-33(16-11-23)17-14-25-26(36-8)20-22(21-27(25)37-9)32-40-30(4,5)31(6,7)41-32/h20-21,23-24H,10-19H2,1-9H3. The van der Waals surface area contributed by atoms with Crippen molar-refractivity contribution < 1.29 is 33.1 Å². The van der Waals surface area contributed by atoms with Crippen LogP contribution in [0.2, 0.25) is 0 Å². The van der Waals surface area contributed by atoms with Crippen molar-refractivity contribution in [2.24, 2.45) is 0 Å². The molecule has 0 aliphatic carbocycles. The van der Waals surface area contributed by atoms with Crippen molar-refractivity contribution in [3.8, 4) is 11.5 Å². The third kappa shape index (κ3) is 7.89. The summed E-state index contributed by atoms with van der Waals surface area (Å²) < 4.78 is 36.1. The van der Waals surface area contributed by atoms with E-state index in [1.54, 1.807) is 19.1 Å². The maximum atomic E-state index is 12.3. The van der Waals surface area contributed by atoms with Crippen LogP contribution in [0, 0.1) is 0 Å². The Labute approximate surface area is 247 Å². The van der Waals surface area contributed by atoms with Crippen molar-refractivity contribution in [3.05, 3.63) is 17.7 Å². The van der Waals surface area contributed by atoms with Crippen LogP contribution < -0.4 is 14.9 Å². The third-order valence-corrected chi connectivity index (χ3v) is 8.85. The van der Waals surface area contributed by atoms with Crippen molar-refractivity contribution in [1.82, 2.24) is 9.80 Å². The summed E-state index contributed by atoms with van der Waals surface area (Å²) in [6, 6.07) is 4.04. The molecule has 0 atom stereocenters. The summed E-state index contributed by atoms with van der Waals surface area (Å²) in [5.74, 6) is 1.59. The van der Waals surface area contributed by atoms with E-state index in [0.717, 1.165) is 74.3 Å². The minimum absolute atomic E-state index is 0.209. The number of carbonyl (C=O) groups excluding carboxylic acids is 1. The Hall–Kier alpha value is -2.01. The number of ether oxygens (including phenoxy) is 4. The summed E-state index contributed by atoms with van der Waals surface area (Å²) in [6.45, 7) is 18.2. The molecule has 0 bridgehead atoms. The largest absolute Gasteiger partial charge is 0.496 e. The molecule has 3 saturated heterocycles. The average Bonchev–Trinajstić information content (AvgIpc) is 3.13. The van der Waals surface area contributed by atoms with Crippen molar-refractivity contribution in [1.29, 1.82) is 0 Å².